The molecular weight excluding hydrogens is 395 g/mol. The summed E-state index contributed by atoms with van der Waals surface area (Å²) in [5.74, 6) is 1.05. The van der Waals surface area contributed by atoms with E-state index in [1.54, 1.807) is 18.5 Å². The van der Waals surface area contributed by atoms with Crippen LogP contribution in [0.15, 0.2) is 43.0 Å². The summed E-state index contributed by atoms with van der Waals surface area (Å²) in [5.41, 5.74) is 8.92. The van der Waals surface area contributed by atoms with Gasteiger partial charge in [0.15, 0.2) is 0 Å². The monoisotopic (exact) mass is 414 g/mol. The quantitative estimate of drug-likeness (QED) is 0.509. The molecule has 1 unspecified atom stereocenters. The SMILES string of the molecule is CC(Nc1ncnc(N)c1C#N)c1nc2ccc(F)c(C3CC3)c2n1-c1cccnc1. The number of aromatic nitrogens is 5. The predicted octanol–water partition coefficient (Wildman–Crippen LogP) is 3.85. The maximum atomic E-state index is 14.9. The molecule has 1 aliphatic rings. The summed E-state index contributed by atoms with van der Waals surface area (Å²) >= 11 is 0. The van der Waals surface area contributed by atoms with Gasteiger partial charge in [0.1, 0.15) is 41.2 Å². The molecule has 4 aromatic rings. The van der Waals surface area contributed by atoms with Crippen LogP contribution < -0.4 is 11.1 Å². The van der Waals surface area contributed by atoms with Gasteiger partial charge in [-0.3, -0.25) is 9.55 Å². The Hall–Kier alpha value is -4.06. The number of nitrogens with two attached hydrogens (primary N) is 1. The number of rotatable bonds is 5. The smallest absolute Gasteiger partial charge is 0.150 e. The standard InChI is InChI=1S/C22H19FN8/c1-12(29-21-15(9-24)20(25)27-11-28-21)22-30-17-7-6-16(23)18(13-4-5-13)19(17)31(22)14-3-2-8-26-10-14/h2-3,6-8,10-13H,4-5H2,1H3,(H3,25,27,28,29). The number of halogens is 1. The van der Waals surface area contributed by atoms with Crippen molar-refractivity contribution in [2.75, 3.05) is 11.1 Å². The average Bonchev–Trinajstić information content (AvgIpc) is 3.53. The van der Waals surface area contributed by atoms with Crippen molar-refractivity contribution in [3.8, 4) is 11.8 Å². The number of hydrogen-bond donors (Lipinski definition) is 2. The lowest BCUT2D eigenvalue weighted by Crippen LogP contribution is -2.16. The van der Waals surface area contributed by atoms with Gasteiger partial charge >= 0.3 is 0 Å². The second-order valence-electron chi connectivity index (χ2n) is 7.58. The minimum atomic E-state index is -0.371. The first-order valence-electron chi connectivity index (χ1n) is 9.96. The van der Waals surface area contributed by atoms with Crippen molar-refractivity contribution < 1.29 is 4.39 Å². The molecule has 0 spiro atoms. The van der Waals surface area contributed by atoms with Gasteiger partial charge in [-0.1, -0.05) is 0 Å². The highest BCUT2D eigenvalue weighted by atomic mass is 19.1. The minimum Gasteiger partial charge on any atom is -0.382 e. The molecule has 3 aromatic heterocycles. The van der Waals surface area contributed by atoms with E-state index in [0.717, 1.165) is 24.0 Å². The third kappa shape index (κ3) is 3.22. The van der Waals surface area contributed by atoms with E-state index < -0.39 is 0 Å². The predicted molar refractivity (Wildman–Crippen MR) is 114 cm³/mol. The van der Waals surface area contributed by atoms with Gasteiger partial charge in [-0.05, 0) is 49.9 Å². The van der Waals surface area contributed by atoms with Gasteiger partial charge in [0.2, 0.25) is 0 Å². The number of pyridine rings is 1. The molecule has 0 radical (unpaired) electrons. The molecule has 3 N–H and O–H groups in total. The van der Waals surface area contributed by atoms with Gasteiger partial charge in [0.25, 0.3) is 0 Å². The zero-order chi connectivity index (χ0) is 21.5. The van der Waals surface area contributed by atoms with E-state index in [-0.39, 0.29) is 29.2 Å². The molecule has 1 fully saturated rings. The van der Waals surface area contributed by atoms with Gasteiger partial charge in [-0.15, -0.1) is 0 Å². The Morgan fingerprint density at radius 3 is 2.84 bits per heavy atom. The molecule has 3 heterocycles. The van der Waals surface area contributed by atoms with Crippen molar-refractivity contribution in [2.24, 2.45) is 0 Å². The molecule has 0 saturated heterocycles. The van der Waals surface area contributed by atoms with Crippen molar-refractivity contribution in [2.45, 2.75) is 31.7 Å². The molecule has 0 amide bonds. The number of anilines is 2. The molecule has 0 aliphatic heterocycles. The number of fused-ring (bicyclic) bond motifs is 1. The van der Waals surface area contributed by atoms with E-state index in [1.165, 1.54) is 12.4 Å². The minimum absolute atomic E-state index is 0.103. The van der Waals surface area contributed by atoms with Crippen LogP contribution in [0.1, 0.15) is 48.7 Å². The maximum Gasteiger partial charge on any atom is 0.150 e. The van der Waals surface area contributed by atoms with Crippen LogP contribution in [0.2, 0.25) is 0 Å². The fourth-order valence-electron chi connectivity index (χ4n) is 3.87. The van der Waals surface area contributed by atoms with Crippen molar-refractivity contribution in [3.05, 3.63) is 65.8 Å². The van der Waals surface area contributed by atoms with Crippen molar-refractivity contribution in [1.29, 1.82) is 5.26 Å². The van der Waals surface area contributed by atoms with Crippen molar-refractivity contribution in [3.63, 3.8) is 0 Å². The second-order valence-corrected chi connectivity index (χ2v) is 7.58. The highest BCUT2D eigenvalue weighted by molar-refractivity contribution is 5.83. The lowest BCUT2D eigenvalue weighted by molar-refractivity contribution is 0.612. The molecule has 31 heavy (non-hydrogen) atoms. The third-order valence-electron chi connectivity index (χ3n) is 5.45. The van der Waals surface area contributed by atoms with E-state index >= 15 is 0 Å². The largest absolute Gasteiger partial charge is 0.382 e. The number of nitrogen functional groups attached to an aromatic ring is 1. The zero-order valence-electron chi connectivity index (χ0n) is 16.7. The second kappa shape index (κ2) is 7.32. The van der Waals surface area contributed by atoms with Crippen LogP contribution in [0.3, 0.4) is 0 Å². The summed E-state index contributed by atoms with van der Waals surface area (Å²) in [4.78, 5) is 17.1. The Balaban J connectivity index is 1.70. The molecule has 154 valence electrons. The zero-order valence-corrected chi connectivity index (χ0v) is 16.7. The number of nitrogens with zero attached hydrogens (tertiary/aromatic N) is 6. The highest BCUT2D eigenvalue weighted by Crippen LogP contribution is 2.45. The van der Waals surface area contributed by atoms with Crippen molar-refractivity contribution in [1.82, 2.24) is 24.5 Å². The van der Waals surface area contributed by atoms with Crippen molar-refractivity contribution >= 4 is 22.7 Å². The van der Waals surface area contributed by atoms with Crippen LogP contribution >= 0.6 is 0 Å². The summed E-state index contributed by atoms with van der Waals surface area (Å²) in [6, 6.07) is 8.59. The fourth-order valence-corrected chi connectivity index (χ4v) is 3.87. The number of nitrogens with one attached hydrogen (secondary N) is 1. The van der Waals surface area contributed by atoms with Gasteiger partial charge in [0, 0.05) is 11.8 Å². The van der Waals surface area contributed by atoms with Gasteiger partial charge < -0.3 is 11.1 Å². The van der Waals surface area contributed by atoms with Crippen LogP contribution in [-0.2, 0) is 0 Å². The molecule has 1 aliphatic carbocycles. The number of nitriles is 1. The topological polar surface area (TPSA) is 118 Å². The normalized spacial score (nSPS) is 14.4. The third-order valence-corrected chi connectivity index (χ3v) is 5.45. The van der Waals surface area contributed by atoms with Crippen LogP contribution in [0.4, 0.5) is 16.0 Å². The molecule has 1 atom stereocenters. The molecule has 8 nitrogen and oxygen atoms in total. The molecule has 1 saturated carbocycles. The van der Waals surface area contributed by atoms with Crippen LogP contribution in [0, 0.1) is 17.1 Å². The van der Waals surface area contributed by atoms with Gasteiger partial charge in [-0.2, -0.15) is 5.26 Å². The summed E-state index contributed by atoms with van der Waals surface area (Å²) in [6.07, 6.45) is 6.64. The van der Waals surface area contributed by atoms with Gasteiger partial charge in [0.05, 0.1) is 29.0 Å². The lowest BCUT2D eigenvalue weighted by atomic mass is 10.1. The summed E-state index contributed by atoms with van der Waals surface area (Å²) < 4.78 is 16.8. The van der Waals surface area contributed by atoms with Crippen LogP contribution in [0.25, 0.3) is 16.7 Å². The fraction of sp³-hybridized carbons (Fsp3) is 0.227. The Bertz CT molecular complexity index is 1320. The molecule has 9 heteroatoms. The molecule has 0 bridgehead atoms. The molecule has 1 aromatic carbocycles. The first-order valence-corrected chi connectivity index (χ1v) is 9.96. The highest BCUT2D eigenvalue weighted by Gasteiger charge is 2.32. The summed E-state index contributed by atoms with van der Waals surface area (Å²) in [5, 5.41) is 12.7. The van der Waals surface area contributed by atoms with Crippen LogP contribution in [0.5, 0.6) is 0 Å². The van der Waals surface area contributed by atoms with Gasteiger partial charge in [-0.25, -0.2) is 19.3 Å². The number of imidazole rings is 1. The van der Waals surface area contributed by atoms with Crippen LogP contribution in [-0.4, -0.2) is 24.5 Å². The molecule has 5 rings (SSSR count). The Morgan fingerprint density at radius 1 is 1.29 bits per heavy atom. The lowest BCUT2D eigenvalue weighted by Gasteiger charge is -2.18. The number of hydrogen-bond acceptors (Lipinski definition) is 7. The van der Waals surface area contributed by atoms with E-state index in [4.69, 9.17) is 10.7 Å². The average molecular weight is 414 g/mol. The van der Waals surface area contributed by atoms with E-state index in [0.29, 0.717) is 22.7 Å². The molecular formula is C22H19FN8. The first kappa shape index (κ1) is 18.9. The summed E-state index contributed by atoms with van der Waals surface area (Å²) in [7, 11) is 0. The van der Waals surface area contributed by atoms with E-state index in [2.05, 4.69) is 20.3 Å². The first-order chi connectivity index (χ1) is 15.1. The van der Waals surface area contributed by atoms with E-state index in [1.807, 2.05) is 29.7 Å². The maximum absolute atomic E-state index is 14.9. The number of benzene rings is 1. The Morgan fingerprint density at radius 2 is 2.13 bits per heavy atom. The Kier molecular flexibility index (Phi) is 4.47. The summed E-state index contributed by atoms with van der Waals surface area (Å²) in [6.45, 7) is 1.90. The van der Waals surface area contributed by atoms with E-state index in [9.17, 15) is 9.65 Å². The Labute approximate surface area is 177 Å².